The van der Waals surface area contributed by atoms with Gasteiger partial charge in [-0.1, -0.05) is 29.8 Å². The maximum atomic E-state index is 13.0. The predicted molar refractivity (Wildman–Crippen MR) is 131 cm³/mol. The lowest BCUT2D eigenvalue weighted by Crippen LogP contribution is -2.51. The Labute approximate surface area is 200 Å². The second kappa shape index (κ2) is 10.6. The summed E-state index contributed by atoms with van der Waals surface area (Å²) in [5.74, 6) is 0.429. The second-order valence-electron chi connectivity index (χ2n) is 8.52. The van der Waals surface area contributed by atoms with Crippen molar-refractivity contribution in [1.29, 1.82) is 0 Å². The number of benzene rings is 2. The number of anilines is 1. The standard InChI is InChI=1S/C26H32N4O4/c1-4-34-25(31)23-22(27-26(32)28-24(23)19-7-5-18(2)6-8-19)17-29-13-15-30(16-14-29)20-9-11-21(33-3)12-10-20/h5-12,24H,4,13-17H2,1-3H3,(H2,27,28,32)/t24-/m1/s1. The van der Waals surface area contributed by atoms with Crippen LogP contribution in [0.2, 0.25) is 0 Å². The number of nitrogens with one attached hydrogen (secondary N) is 2. The maximum absolute atomic E-state index is 13.0. The Morgan fingerprint density at radius 1 is 1.03 bits per heavy atom. The van der Waals surface area contributed by atoms with Crippen molar-refractivity contribution in [1.82, 2.24) is 15.5 Å². The number of amides is 2. The highest BCUT2D eigenvalue weighted by Gasteiger charge is 2.34. The molecule has 2 N–H and O–H groups in total. The number of methoxy groups -OCH3 is 1. The third-order valence-electron chi connectivity index (χ3n) is 6.25. The summed E-state index contributed by atoms with van der Waals surface area (Å²) in [6.45, 7) is 7.85. The molecule has 0 aliphatic carbocycles. The van der Waals surface area contributed by atoms with Crippen molar-refractivity contribution in [2.45, 2.75) is 19.9 Å². The highest BCUT2D eigenvalue weighted by Crippen LogP contribution is 2.29. The van der Waals surface area contributed by atoms with Crippen LogP contribution in [0.5, 0.6) is 5.75 Å². The van der Waals surface area contributed by atoms with Crippen LogP contribution in [0.1, 0.15) is 24.1 Å². The van der Waals surface area contributed by atoms with Crippen LogP contribution in [-0.4, -0.2) is 63.3 Å². The molecule has 0 unspecified atom stereocenters. The van der Waals surface area contributed by atoms with Gasteiger partial charge in [-0.05, 0) is 43.7 Å². The zero-order valence-corrected chi connectivity index (χ0v) is 20.0. The largest absolute Gasteiger partial charge is 0.497 e. The highest BCUT2D eigenvalue weighted by atomic mass is 16.5. The molecule has 8 heteroatoms. The fraction of sp³-hybridized carbons (Fsp3) is 0.385. The molecule has 34 heavy (non-hydrogen) atoms. The van der Waals surface area contributed by atoms with Gasteiger partial charge in [0.1, 0.15) is 5.75 Å². The number of carbonyl (C=O) groups excluding carboxylic acids is 2. The molecule has 0 spiro atoms. The predicted octanol–water partition coefficient (Wildman–Crippen LogP) is 3.00. The van der Waals surface area contributed by atoms with Crippen LogP contribution >= 0.6 is 0 Å². The molecule has 1 fully saturated rings. The molecule has 0 saturated carbocycles. The van der Waals surface area contributed by atoms with Crippen LogP contribution in [0.3, 0.4) is 0 Å². The van der Waals surface area contributed by atoms with E-state index in [9.17, 15) is 9.59 Å². The number of hydrogen-bond donors (Lipinski definition) is 2. The van der Waals surface area contributed by atoms with Crippen molar-refractivity contribution in [3.8, 4) is 5.75 Å². The van der Waals surface area contributed by atoms with E-state index < -0.39 is 12.0 Å². The van der Waals surface area contributed by atoms with Crippen molar-refractivity contribution >= 4 is 17.7 Å². The Morgan fingerprint density at radius 3 is 2.32 bits per heavy atom. The van der Waals surface area contributed by atoms with Gasteiger partial charge in [-0.25, -0.2) is 9.59 Å². The number of rotatable bonds is 7. The first-order valence-corrected chi connectivity index (χ1v) is 11.6. The van der Waals surface area contributed by atoms with Crippen LogP contribution in [-0.2, 0) is 9.53 Å². The normalized spacial score (nSPS) is 18.9. The van der Waals surface area contributed by atoms with Crippen molar-refractivity contribution in [2.75, 3.05) is 51.3 Å². The van der Waals surface area contributed by atoms with E-state index in [-0.39, 0.29) is 12.6 Å². The van der Waals surface area contributed by atoms with E-state index >= 15 is 0 Å². The molecule has 2 amide bonds. The number of nitrogens with zero attached hydrogens (tertiary/aromatic N) is 2. The van der Waals surface area contributed by atoms with Crippen LogP contribution in [0, 0.1) is 6.92 Å². The van der Waals surface area contributed by atoms with Gasteiger partial charge in [0, 0.05) is 44.1 Å². The molecule has 2 heterocycles. The van der Waals surface area contributed by atoms with Crippen LogP contribution in [0.25, 0.3) is 0 Å². The summed E-state index contributed by atoms with van der Waals surface area (Å²) in [6, 6.07) is 15.0. The van der Waals surface area contributed by atoms with E-state index in [0.29, 0.717) is 17.8 Å². The fourth-order valence-electron chi connectivity index (χ4n) is 4.38. The summed E-state index contributed by atoms with van der Waals surface area (Å²) in [6.07, 6.45) is 0. The van der Waals surface area contributed by atoms with Gasteiger partial charge >= 0.3 is 12.0 Å². The molecule has 0 bridgehead atoms. The Balaban J connectivity index is 1.52. The fourth-order valence-corrected chi connectivity index (χ4v) is 4.38. The SMILES string of the molecule is CCOC(=O)C1=C(CN2CCN(c3ccc(OC)cc3)CC2)NC(=O)N[C@@H]1c1ccc(C)cc1. The summed E-state index contributed by atoms with van der Waals surface area (Å²) in [7, 11) is 1.66. The van der Waals surface area contributed by atoms with Gasteiger partial charge in [0.2, 0.25) is 0 Å². The summed E-state index contributed by atoms with van der Waals surface area (Å²) in [4.78, 5) is 30.1. The van der Waals surface area contributed by atoms with E-state index in [2.05, 4.69) is 32.6 Å². The van der Waals surface area contributed by atoms with Crippen molar-refractivity contribution in [3.05, 3.63) is 70.9 Å². The lowest BCUT2D eigenvalue weighted by molar-refractivity contribution is -0.139. The molecular weight excluding hydrogens is 432 g/mol. The summed E-state index contributed by atoms with van der Waals surface area (Å²) < 4.78 is 10.6. The van der Waals surface area contributed by atoms with Gasteiger partial charge in [-0.2, -0.15) is 0 Å². The molecule has 2 aromatic rings. The molecular formula is C26H32N4O4. The minimum Gasteiger partial charge on any atom is -0.497 e. The molecule has 1 saturated heterocycles. The number of carbonyl (C=O) groups is 2. The summed E-state index contributed by atoms with van der Waals surface area (Å²) in [5.41, 5.74) is 4.18. The third-order valence-corrected chi connectivity index (χ3v) is 6.25. The smallest absolute Gasteiger partial charge is 0.338 e. The van der Waals surface area contributed by atoms with E-state index in [1.54, 1.807) is 14.0 Å². The lowest BCUT2D eigenvalue weighted by Gasteiger charge is -2.38. The summed E-state index contributed by atoms with van der Waals surface area (Å²) >= 11 is 0. The van der Waals surface area contributed by atoms with Crippen molar-refractivity contribution < 1.29 is 19.1 Å². The highest BCUT2D eigenvalue weighted by molar-refractivity contribution is 5.95. The van der Waals surface area contributed by atoms with Crippen LogP contribution < -0.4 is 20.3 Å². The molecule has 180 valence electrons. The Hall–Kier alpha value is -3.52. The Bertz CT molecular complexity index is 1040. The van der Waals surface area contributed by atoms with E-state index in [0.717, 1.165) is 48.7 Å². The maximum Gasteiger partial charge on any atom is 0.338 e. The van der Waals surface area contributed by atoms with E-state index in [1.165, 1.54) is 0 Å². The molecule has 2 aromatic carbocycles. The van der Waals surface area contributed by atoms with Gasteiger partial charge in [0.15, 0.2) is 0 Å². The number of esters is 1. The molecule has 2 aliphatic rings. The zero-order chi connectivity index (χ0) is 24.1. The number of ether oxygens (including phenoxy) is 2. The molecule has 0 radical (unpaired) electrons. The van der Waals surface area contributed by atoms with Gasteiger partial charge in [0.05, 0.1) is 25.3 Å². The number of piperazine rings is 1. The van der Waals surface area contributed by atoms with Crippen LogP contribution in [0.4, 0.5) is 10.5 Å². The average molecular weight is 465 g/mol. The van der Waals surface area contributed by atoms with Gasteiger partial charge in [-0.15, -0.1) is 0 Å². The zero-order valence-electron chi connectivity index (χ0n) is 20.0. The summed E-state index contributed by atoms with van der Waals surface area (Å²) in [5, 5.41) is 5.78. The molecule has 1 atom stereocenters. The second-order valence-corrected chi connectivity index (χ2v) is 8.52. The Kier molecular flexibility index (Phi) is 7.37. The monoisotopic (exact) mass is 464 g/mol. The van der Waals surface area contributed by atoms with Gasteiger partial charge in [-0.3, -0.25) is 4.90 Å². The number of aryl methyl sites for hydroxylation is 1. The molecule has 4 rings (SSSR count). The first kappa shape index (κ1) is 23.6. The van der Waals surface area contributed by atoms with E-state index in [4.69, 9.17) is 9.47 Å². The van der Waals surface area contributed by atoms with Crippen molar-refractivity contribution in [2.24, 2.45) is 0 Å². The third kappa shape index (κ3) is 5.34. The Morgan fingerprint density at radius 2 is 1.71 bits per heavy atom. The lowest BCUT2D eigenvalue weighted by atomic mass is 9.94. The molecule has 0 aromatic heterocycles. The minimum absolute atomic E-state index is 0.269. The minimum atomic E-state index is -0.552. The molecule has 2 aliphatic heterocycles. The molecule has 8 nitrogen and oxygen atoms in total. The van der Waals surface area contributed by atoms with Crippen LogP contribution in [0.15, 0.2) is 59.8 Å². The van der Waals surface area contributed by atoms with Crippen molar-refractivity contribution in [3.63, 3.8) is 0 Å². The quantitative estimate of drug-likeness (QED) is 0.613. The first-order valence-electron chi connectivity index (χ1n) is 11.6. The first-order chi connectivity index (χ1) is 16.5. The number of urea groups is 1. The topological polar surface area (TPSA) is 83.1 Å². The van der Waals surface area contributed by atoms with Gasteiger partial charge < -0.3 is 25.0 Å². The van der Waals surface area contributed by atoms with E-state index in [1.807, 2.05) is 43.3 Å². The average Bonchev–Trinajstić information content (AvgIpc) is 2.85. The number of hydrogen-bond acceptors (Lipinski definition) is 6. The van der Waals surface area contributed by atoms with Gasteiger partial charge in [0.25, 0.3) is 0 Å².